The molecule has 2 nitrogen and oxygen atoms in total. The Balaban J connectivity index is 0.000000269. The molecule has 2 aliphatic rings. The Kier molecular flexibility index (Phi) is 6.99. The van der Waals surface area contributed by atoms with Gasteiger partial charge >= 0.3 is 0 Å². The number of aldehydes is 1. The molecular weight excluding hydrogens is 223 g/mol. The lowest BCUT2D eigenvalue weighted by atomic mass is 9.37. The third kappa shape index (κ3) is 4.76. The Labute approximate surface area is 113 Å². The van der Waals surface area contributed by atoms with Crippen molar-refractivity contribution in [1.82, 2.24) is 0 Å². The van der Waals surface area contributed by atoms with Crippen LogP contribution in [0, 0.1) is 5.92 Å². The maximum absolute atomic E-state index is 10.6. The van der Waals surface area contributed by atoms with Crippen LogP contribution < -0.4 is 0 Å². The van der Waals surface area contributed by atoms with E-state index in [0.717, 1.165) is 45.1 Å². The molecule has 2 heterocycles. The van der Waals surface area contributed by atoms with Gasteiger partial charge in [-0.1, -0.05) is 52.6 Å². The van der Waals surface area contributed by atoms with E-state index in [9.17, 15) is 4.79 Å². The third-order valence-electron chi connectivity index (χ3n) is 4.24. The summed E-state index contributed by atoms with van der Waals surface area (Å²) in [5, 5.41) is 0. The van der Waals surface area contributed by atoms with Gasteiger partial charge in [-0.2, -0.15) is 0 Å². The number of hydrogen-bond acceptors (Lipinski definition) is 2. The first kappa shape index (κ1) is 15.8. The maximum Gasteiger partial charge on any atom is 0.136 e. The molecular formula is C15H29BO2. The van der Waals surface area contributed by atoms with Gasteiger partial charge in [-0.3, -0.25) is 0 Å². The maximum atomic E-state index is 10.6. The Morgan fingerprint density at radius 2 is 1.83 bits per heavy atom. The Hall–Kier alpha value is -0.305. The standard InChI is InChI=1S/C11H20O2.C4H9B/c1-3-5-11(6-4-2)7-10(8-12)9-13-11;1-5-3-2-4-5/h8,10H,3-7,9H2,1-2H3;2-4H2,1H3. The fraction of sp³-hybridized carbons (Fsp3) is 0.933. The van der Waals surface area contributed by atoms with Crippen molar-refractivity contribution in [3.8, 4) is 0 Å². The molecule has 0 aliphatic carbocycles. The van der Waals surface area contributed by atoms with Crippen LogP contribution in [0.1, 0.15) is 52.4 Å². The fourth-order valence-electron chi connectivity index (χ4n) is 2.96. The van der Waals surface area contributed by atoms with E-state index in [2.05, 4.69) is 20.7 Å². The molecule has 2 fully saturated rings. The zero-order valence-electron chi connectivity index (χ0n) is 12.4. The summed E-state index contributed by atoms with van der Waals surface area (Å²) in [6.45, 7) is 8.37. The van der Waals surface area contributed by atoms with E-state index in [4.69, 9.17) is 4.74 Å². The van der Waals surface area contributed by atoms with Crippen molar-refractivity contribution in [3.05, 3.63) is 0 Å². The van der Waals surface area contributed by atoms with E-state index < -0.39 is 0 Å². The van der Waals surface area contributed by atoms with Crippen LogP contribution in [0.4, 0.5) is 0 Å². The molecule has 0 aromatic rings. The molecule has 0 saturated carbocycles. The van der Waals surface area contributed by atoms with Gasteiger partial charge in [0.1, 0.15) is 13.0 Å². The minimum atomic E-state index is 0.0368. The van der Waals surface area contributed by atoms with Crippen LogP contribution in [0.15, 0.2) is 0 Å². The molecule has 0 radical (unpaired) electrons. The van der Waals surface area contributed by atoms with Gasteiger partial charge < -0.3 is 9.53 Å². The lowest BCUT2D eigenvalue weighted by Crippen LogP contribution is -2.27. The molecule has 1 atom stereocenters. The van der Waals surface area contributed by atoms with Crippen molar-refractivity contribution in [3.63, 3.8) is 0 Å². The lowest BCUT2D eigenvalue weighted by molar-refractivity contribution is -0.111. The predicted molar refractivity (Wildman–Crippen MR) is 78.5 cm³/mol. The van der Waals surface area contributed by atoms with Crippen molar-refractivity contribution in [2.75, 3.05) is 6.61 Å². The summed E-state index contributed by atoms with van der Waals surface area (Å²) in [5.41, 5.74) is 0.0368. The number of carbonyl (C=O) groups is 1. The van der Waals surface area contributed by atoms with E-state index in [1.807, 2.05) is 0 Å². The highest BCUT2D eigenvalue weighted by atomic mass is 16.5. The zero-order chi connectivity index (χ0) is 13.4. The summed E-state index contributed by atoms with van der Waals surface area (Å²) < 4.78 is 5.79. The first-order chi connectivity index (χ1) is 8.65. The molecule has 2 rings (SSSR count). The Morgan fingerprint density at radius 1 is 1.28 bits per heavy atom. The number of ether oxygens (including phenoxy) is 1. The first-order valence-corrected chi connectivity index (χ1v) is 7.75. The quantitative estimate of drug-likeness (QED) is 0.544. The molecule has 0 spiro atoms. The summed E-state index contributed by atoms with van der Waals surface area (Å²) in [4.78, 5) is 10.6. The lowest BCUT2D eigenvalue weighted by Gasteiger charge is -2.27. The van der Waals surface area contributed by atoms with E-state index in [-0.39, 0.29) is 11.5 Å². The molecule has 3 heteroatoms. The SMILES string of the molecule is CB1CCC1.CCCC1(CCC)CC(C=O)CO1. The highest BCUT2D eigenvalue weighted by Gasteiger charge is 2.38. The predicted octanol–water partition coefficient (Wildman–Crippen LogP) is 4.08. The normalized spacial score (nSPS) is 25.1. The van der Waals surface area contributed by atoms with Gasteiger partial charge in [-0.05, 0) is 19.3 Å². The second-order valence-corrected chi connectivity index (χ2v) is 6.13. The van der Waals surface area contributed by atoms with Crippen LogP contribution in [0.2, 0.25) is 19.5 Å². The highest BCUT2D eigenvalue weighted by molar-refractivity contribution is 6.60. The van der Waals surface area contributed by atoms with Crippen molar-refractivity contribution < 1.29 is 9.53 Å². The summed E-state index contributed by atoms with van der Waals surface area (Å²) >= 11 is 0. The van der Waals surface area contributed by atoms with Crippen LogP contribution >= 0.6 is 0 Å². The highest BCUT2D eigenvalue weighted by Crippen LogP contribution is 2.36. The summed E-state index contributed by atoms with van der Waals surface area (Å²) in [6.07, 6.45) is 10.9. The summed E-state index contributed by atoms with van der Waals surface area (Å²) in [6, 6.07) is 0. The number of rotatable bonds is 5. The van der Waals surface area contributed by atoms with Gasteiger partial charge in [-0.15, -0.1) is 0 Å². The van der Waals surface area contributed by atoms with Crippen molar-refractivity contribution in [1.29, 1.82) is 0 Å². The van der Waals surface area contributed by atoms with Gasteiger partial charge in [0, 0.05) is 5.92 Å². The smallest absolute Gasteiger partial charge is 0.136 e. The van der Waals surface area contributed by atoms with Crippen LogP contribution in [0.25, 0.3) is 0 Å². The molecule has 0 amide bonds. The first-order valence-electron chi connectivity index (χ1n) is 7.75. The van der Waals surface area contributed by atoms with Crippen LogP contribution in [0.5, 0.6) is 0 Å². The van der Waals surface area contributed by atoms with Crippen molar-refractivity contribution >= 4 is 13.0 Å². The number of hydrogen-bond donors (Lipinski definition) is 0. The van der Waals surface area contributed by atoms with Crippen LogP contribution in [0.3, 0.4) is 0 Å². The van der Waals surface area contributed by atoms with Crippen LogP contribution in [-0.2, 0) is 9.53 Å². The minimum Gasteiger partial charge on any atom is -0.374 e. The molecule has 1 unspecified atom stereocenters. The second-order valence-electron chi connectivity index (χ2n) is 6.13. The molecule has 104 valence electrons. The van der Waals surface area contributed by atoms with Crippen LogP contribution in [-0.4, -0.2) is 25.2 Å². The van der Waals surface area contributed by atoms with E-state index in [1.165, 1.54) is 19.1 Å². The molecule has 18 heavy (non-hydrogen) atoms. The third-order valence-corrected chi connectivity index (χ3v) is 4.24. The average molecular weight is 252 g/mol. The van der Waals surface area contributed by atoms with Gasteiger partial charge in [0.15, 0.2) is 0 Å². The summed E-state index contributed by atoms with van der Waals surface area (Å²) in [5.74, 6) is 0.151. The zero-order valence-corrected chi connectivity index (χ0v) is 12.4. The number of carbonyl (C=O) groups excluding carboxylic acids is 1. The Morgan fingerprint density at radius 3 is 2.11 bits per heavy atom. The van der Waals surface area contributed by atoms with Gasteiger partial charge in [0.05, 0.1) is 12.2 Å². The average Bonchev–Trinajstić information content (AvgIpc) is 2.72. The van der Waals surface area contributed by atoms with E-state index in [0.29, 0.717) is 6.61 Å². The molecule has 2 saturated heterocycles. The second kappa shape index (κ2) is 7.98. The molecule has 0 N–H and O–H groups in total. The molecule has 0 aromatic heterocycles. The molecule has 0 bridgehead atoms. The monoisotopic (exact) mass is 252 g/mol. The van der Waals surface area contributed by atoms with Crippen molar-refractivity contribution in [2.24, 2.45) is 5.92 Å². The topological polar surface area (TPSA) is 26.3 Å². The largest absolute Gasteiger partial charge is 0.374 e. The molecule has 0 aromatic carbocycles. The van der Waals surface area contributed by atoms with E-state index in [1.54, 1.807) is 0 Å². The van der Waals surface area contributed by atoms with Gasteiger partial charge in [0.2, 0.25) is 0 Å². The van der Waals surface area contributed by atoms with Crippen molar-refractivity contribution in [2.45, 2.75) is 77.4 Å². The Bertz CT molecular complexity index is 233. The van der Waals surface area contributed by atoms with E-state index >= 15 is 0 Å². The minimum absolute atomic E-state index is 0.0368. The van der Waals surface area contributed by atoms with Gasteiger partial charge in [0.25, 0.3) is 0 Å². The molecule has 2 aliphatic heterocycles. The van der Waals surface area contributed by atoms with Gasteiger partial charge in [-0.25, -0.2) is 0 Å². The summed E-state index contributed by atoms with van der Waals surface area (Å²) in [7, 11) is 0. The fourth-order valence-corrected chi connectivity index (χ4v) is 2.96.